The number of benzene rings is 1. The molecule has 0 spiro atoms. The summed E-state index contributed by atoms with van der Waals surface area (Å²) in [5.74, 6) is -1.06. The summed E-state index contributed by atoms with van der Waals surface area (Å²) in [5, 5.41) is 2.85. The predicted octanol–water partition coefficient (Wildman–Crippen LogP) is 4.67. The van der Waals surface area contributed by atoms with Gasteiger partial charge in [-0.15, -0.1) is 0 Å². The molecule has 0 unspecified atom stereocenters. The summed E-state index contributed by atoms with van der Waals surface area (Å²) in [5.41, 5.74) is 0.0938. The number of nitrogens with one attached hydrogen (secondary N) is 1. The summed E-state index contributed by atoms with van der Waals surface area (Å²) >= 11 is 1.13. The number of hydrogen-bond acceptors (Lipinski definition) is 4. The van der Waals surface area contributed by atoms with Gasteiger partial charge in [-0.05, 0) is 30.2 Å². The predicted molar refractivity (Wildman–Crippen MR) is 89.5 cm³/mol. The normalized spacial score (nSPS) is 19.5. The van der Waals surface area contributed by atoms with Crippen LogP contribution in [0.25, 0.3) is 21.3 Å². The van der Waals surface area contributed by atoms with Gasteiger partial charge in [0, 0.05) is 18.0 Å². The second kappa shape index (κ2) is 6.01. The molecular weight excluding hydrogens is 370 g/mol. The number of halogens is 4. The number of carbonyl (C=O) groups excluding carboxylic acids is 1. The monoisotopic (exact) mass is 381 g/mol. The van der Waals surface area contributed by atoms with Gasteiger partial charge in [0.25, 0.3) is 0 Å². The van der Waals surface area contributed by atoms with Crippen LogP contribution >= 0.6 is 11.3 Å². The molecule has 2 atom stereocenters. The zero-order valence-electron chi connectivity index (χ0n) is 13.0. The van der Waals surface area contributed by atoms with Crippen LogP contribution in [0.5, 0.6) is 0 Å². The molecule has 0 saturated heterocycles. The van der Waals surface area contributed by atoms with Crippen LogP contribution in [-0.4, -0.2) is 22.0 Å². The Morgan fingerprint density at radius 1 is 1.27 bits per heavy atom. The van der Waals surface area contributed by atoms with E-state index < -0.39 is 29.7 Å². The van der Waals surface area contributed by atoms with Crippen molar-refractivity contribution in [3.05, 3.63) is 42.2 Å². The van der Waals surface area contributed by atoms with Crippen molar-refractivity contribution in [2.75, 3.05) is 5.32 Å². The lowest BCUT2D eigenvalue weighted by molar-refractivity contribution is -0.137. The summed E-state index contributed by atoms with van der Waals surface area (Å²) in [7, 11) is 0. The molecule has 1 amide bonds. The molecule has 2 aromatic heterocycles. The Morgan fingerprint density at radius 3 is 2.73 bits per heavy atom. The van der Waals surface area contributed by atoms with Gasteiger partial charge in [-0.25, -0.2) is 9.37 Å². The molecule has 26 heavy (non-hydrogen) atoms. The number of amides is 1. The molecule has 1 aliphatic rings. The van der Waals surface area contributed by atoms with E-state index in [0.717, 1.165) is 23.6 Å². The van der Waals surface area contributed by atoms with Crippen molar-refractivity contribution in [2.45, 2.75) is 18.8 Å². The van der Waals surface area contributed by atoms with Gasteiger partial charge in [0.05, 0.1) is 21.7 Å². The van der Waals surface area contributed by atoms with E-state index in [0.29, 0.717) is 20.9 Å². The van der Waals surface area contributed by atoms with Gasteiger partial charge in [-0.3, -0.25) is 9.78 Å². The minimum Gasteiger partial charge on any atom is -0.302 e. The lowest BCUT2D eigenvalue weighted by Crippen LogP contribution is -2.14. The van der Waals surface area contributed by atoms with Crippen LogP contribution < -0.4 is 5.32 Å². The zero-order valence-corrected chi connectivity index (χ0v) is 13.9. The third kappa shape index (κ3) is 3.14. The van der Waals surface area contributed by atoms with Crippen molar-refractivity contribution < 1.29 is 22.4 Å². The fraction of sp³-hybridized carbons (Fsp3) is 0.235. The molecule has 134 valence electrons. The summed E-state index contributed by atoms with van der Waals surface area (Å²) < 4.78 is 53.1. The number of hydrogen-bond donors (Lipinski definition) is 1. The Balaban J connectivity index is 1.67. The van der Waals surface area contributed by atoms with Crippen LogP contribution in [0.1, 0.15) is 12.0 Å². The van der Waals surface area contributed by atoms with Crippen molar-refractivity contribution in [1.82, 2.24) is 9.97 Å². The minimum absolute atomic E-state index is 0.0286. The number of nitrogens with zero attached hydrogens (tertiary/aromatic N) is 2. The van der Waals surface area contributed by atoms with E-state index in [9.17, 15) is 22.4 Å². The van der Waals surface area contributed by atoms with Gasteiger partial charge in [-0.2, -0.15) is 13.2 Å². The van der Waals surface area contributed by atoms with E-state index in [1.54, 1.807) is 12.1 Å². The van der Waals surface area contributed by atoms with Gasteiger partial charge in [0.15, 0.2) is 5.13 Å². The van der Waals surface area contributed by atoms with E-state index in [4.69, 9.17) is 0 Å². The first kappa shape index (κ1) is 16.9. The van der Waals surface area contributed by atoms with Crippen molar-refractivity contribution in [2.24, 2.45) is 5.92 Å². The van der Waals surface area contributed by atoms with Gasteiger partial charge in [0.1, 0.15) is 6.17 Å². The Kier molecular flexibility index (Phi) is 3.91. The third-order valence-corrected chi connectivity index (χ3v) is 5.04. The number of fused-ring (bicyclic) bond motifs is 1. The zero-order chi connectivity index (χ0) is 18.5. The average Bonchev–Trinajstić information content (AvgIpc) is 3.19. The summed E-state index contributed by atoms with van der Waals surface area (Å²) in [6.07, 6.45) is -3.12. The third-order valence-electron chi connectivity index (χ3n) is 4.11. The molecule has 0 bridgehead atoms. The largest absolute Gasteiger partial charge is 0.417 e. The maximum atomic E-state index is 13.2. The maximum Gasteiger partial charge on any atom is 0.417 e. The molecule has 4 rings (SSSR count). The molecule has 1 aliphatic carbocycles. The number of rotatable bonds is 3. The highest BCUT2D eigenvalue weighted by molar-refractivity contribution is 7.22. The molecule has 0 aliphatic heterocycles. The summed E-state index contributed by atoms with van der Waals surface area (Å²) in [6.45, 7) is 0. The fourth-order valence-corrected chi connectivity index (χ4v) is 3.56. The molecule has 1 saturated carbocycles. The van der Waals surface area contributed by atoms with Crippen LogP contribution in [0, 0.1) is 5.92 Å². The quantitative estimate of drug-likeness (QED) is 0.671. The van der Waals surface area contributed by atoms with E-state index in [1.807, 2.05) is 0 Å². The molecule has 3 aromatic rings. The first-order valence-corrected chi connectivity index (χ1v) is 8.51. The van der Waals surface area contributed by atoms with E-state index >= 15 is 0 Å². The number of thiazole rings is 1. The number of anilines is 1. The van der Waals surface area contributed by atoms with Crippen molar-refractivity contribution in [1.29, 1.82) is 0 Å². The smallest absolute Gasteiger partial charge is 0.302 e. The molecule has 0 radical (unpaired) electrons. The maximum absolute atomic E-state index is 13.2. The number of alkyl halides is 4. The molecule has 4 nitrogen and oxygen atoms in total. The number of aromatic nitrogens is 2. The van der Waals surface area contributed by atoms with E-state index in [2.05, 4.69) is 15.3 Å². The highest BCUT2D eigenvalue weighted by Gasteiger charge is 2.43. The Bertz CT molecular complexity index is 1000. The number of pyridine rings is 1. The topological polar surface area (TPSA) is 54.9 Å². The number of carbonyl (C=O) groups is 1. The first-order valence-electron chi connectivity index (χ1n) is 7.70. The fourth-order valence-electron chi connectivity index (χ4n) is 2.65. The lowest BCUT2D eigenvalue weighted by atomic mass is 10.0. The first-order chi connectivity index (χ1) is 12.3. The van der Waals surface area contributed by atoms with Crippen LogP contribution in [-0.2, 0) is 11.0 Å². The molecule has 1 fully saturated rings. The average molecular weight is 381 g/mol. The van der Waals surface area contributed by atoms with Crippen LogP contribution in [0.2, 0.25) is 0 Å². The van der Waals surface area contributed by atoms with Gasteiger partial charge < -0.3 is 5.32 Å². The summed E-state index contributed by atoms with van der Waals surface area (Å²) in [6, 6.07) is 5.61. The second-order valence-corrected chi connectivity index (χ2v) is 7.00. The van der Waals surface area contributed by atoms with Crippen LogP contribution in [0.15, 0.2) is 36.7 Å². The van der Waals surface area contributed by atoms with Crippen molar-refractivity contribution in [3.63, 3.8) is 0 Å². The highest BCUT2D eigenvalue weighted by Crippen LogP contribution is 2.39. The molecule has 1 N–H and O–H groups in total. The second-order valence-electron chi connectivity index (χ2n) is 5.97. The summed E-state index contributed by atoms with van der Waals surface area (Å²) in [4.78, 5) is 19.8. The highest BCUT2D eigenvalue weighted by atomic mass is 32.1. The minimum atomic E-state index is -4.49. The Morgan fingerprint density at radius 2 is 2.04 bits per heavy atom. The van der Waals surface area contributed by atoms with E-state index in [-0.39, 0.29) is 12.0 Å². The SMILES string of the molecule is O=C(Nc1nc2ccc(-c3cnccc3C(F)(F)F)cc2s1)[C@@H]1C[C@@H]1F. The standard InChI is InChI=1S/C17H11F4N3OS/c18-12-6-9(12)15(25)24-16-23-13-2-1-8(5-14(13)26-16)10-7-22-4-3-11(10)17(19,20)21/h1-5,7,9,12H,6H2,(H,23,24,25)/t9-,12+/m1/s1. The van der Waals surface area contributed by atoms with Gasteiger partial charge in [-0.1, -0.05) is 17.4 Å². The Labute approximate surface area is 148 Å². The van der Waals surface area contributed by atoms with Gasteiger partial charge in [0.2, 0.25) is 5.91 Å². The molecule has 1 aromatic carbocycles. The van der Waals surface area contributed by atoms with Crippen molar-refractivity contribution >= 4 is 32.6 Å². The molecule has 2 heterocycles. The van der Waals surface area contributed by atoms with Gasteiger partial charge >= 0.3 is 6.18 Å². The van der Waals surface area contributed by atoms with Crippen molar-refractivity contribution in [3.8, 4) is 11.1 Å². The van der Waals surface area contributed by atoms with Crippen LogP contribution in [0.3, 0.4) is 0 Å². The lowest BCUT2D eigenvalue weighted by Gasteiger charge is -2.12. The molecule has 9 heteroatoms. The molecular formula is C17H11F4N3OS. The Hall–Kier alpha value is -2.55. The van der Waals surface area contributed by atoms with Crippen LogP contribution in [0.4, 0.5) is 22.7 Å². The van der Waals surface area contributed by atoms with E-state index in [1.165, 1.54) is 12.3 Å².